The van der Waals surface area contributed by atoms with Gasteiger partial charge >= 0.3 is 0 Å². The summed E-state index contributed by atoms with van der Waals surface area (Å²) in [5, 5.41) is 1.24. The van der Waals surface area contributed by atoms with Gasteiger partial charge in [-0.3, -0.25) is 14.7 Å². The van der Waals surface area contributed by atoms with Crippen molar-refractivity contribution >= 4 is 44.2 Å². The first-order chi connectivity index (χ1) is 14.1. The molecule has 0 aliphatic carbocycles. The molecule has 2 aromatic heterocycles. The lowest BCUT2D eigenvalue weighted by molar-refractivity contribution is -0.120. The van der Waals surface area contributed by atoms with Crippen LogP contribution in [0, 0.1) is 6.92 Å². The third-order valence-electron chi connectivity index (χ3n) is 4.38. The highest BCUT2D eigenvalue weighted by Crippen LogP contribution is 2.31. The number of nitrogens with zero attached hydrogens (tertiary/aromatic N) is 3. The number of amides is 1. The van der Waals surface area contributed by atoms with E-state index in [4.69, 9.17) is 16.3 Å². The van der Waals surface area contributed by atoms with Gasteiger partial charge in [0.2, 0.25) is 0 Å². The number of fused-ring (bicyclic) bond motifs is 1. The van der Waals surface area contributed by atoms with Gasteiger partial charge in [-0.25, -0.2) is 4.98 Å². The lowest BCUT2D eigenvalue weighted by atomic mass is 10.2. The van der Waals surface area contributed by atoms with Crippen LogP contribution in [0.15, 0.2) is 67.0 Å². The second-order valence-electron chi connectivity index (χ2n) is 6.50. The van der Waals surface area contributed by atoms with E-state index >= 15 is 0 Å². The van der Waals surface area contributed by atoms with E-state index < -0.39 is 0 Å². The Balaban J connectivity index is 1.61. The molecule has 4 rings (SSSR count). The minimum atomic E-state index is -0.178. The maximum atomic E-state index is 13.1. The van der Waals surface area contributed by atoms with Crippen molar-refractivity contribution in [2.24, 2.45) is 0 Å². The topological polar surface area (TPSA) is 55.3 Å². The van der Waals surface area contributed by atoms with Crippen LogP contribution in [0.4, 0.5) is 5.13 Å². The fourth-order valence-electron chi connectivity index (χ4n) is 2.87. The van der Waals surface area contributed by atoms with Gasteiger partial charge in [-0.2, -0.15) is 0 Å². The number of aryl methyl sites for hydroxylation is 1. The van der Waals surface area contributed by atoms with E-state index in [2.05, 4.69) is 9.97 Å². The lowest BCUT2D eigenvalue weighted by Gasteiger charge is -2.20. The largest absolute Gasteiger partial charge is 0.483 e. The average Bonchev–Trinajstić information content (AvgIpc) is 3.14. The molecule has 0 saturated heterocycles. The number of carbonyl (C=O) groups is 1. The van der Waals surface area contributed by atoms with Gasteiger partial charge < -0.3 is 4.74 Å². The van der Waals surface area contributed by atoms with Crippen LogP contribution in [0.25, 0.3) is 10.2 Å². The number of pyridine rings is 1. The van der Waals surface area contributed by atoms with Crippen molar-refractivity contribution in [3.8, 4) is 5.75 Å². The summed E-state index contributed by atoms with van der Waals surface area (Å²) in [5.41, 5.74) is 2.70. The summed E-state index contributed by atoms with van der Waals surface area (Å²) in [6.07, 6.45) is 3.45. The van der Waals surface area contributed by atoms with E-state index in [1.165, 1.54) is 11.3 Å². The minimum absolute atomic E-state index is 0.0816. The highest BCUT2D eigenvalue weighted by molar-refractivity contribution is 7.22. The molecule has 0 saturated carbocycles. The number of thiazole rings is 1. The van der Waals surface area contributed by atoms with E-state index in [1.807, 2.05) is 55.5 Å². The fraction of sp³-hybridized carbons (Fsp3) is 0.136. The Morgan fingerprint density at radius 2 is 2.03 bits per heavy atom. The number of anilines is 1. The first-order valence-corrected chi connectivity index (χ1v) is 10.2. The summed E-state index contributed by atoms with van der Waals surface area (Å²) in [6.45, 7) is 2.23. The fourth-order valence-corrected chi connectivity index (χ4v) is 4.13. The molecule has 0 N–H and O–H groups in total. The molecule has 2 heterocycles. The van der Waals surface area contributed by atoms with Gasteiger partial charge in [-0.1, -0.05) is 47.2 Å². The SMILES string of the molecule is Cc1ccccc1OCC(=O)N(Cc1cccnc1)c1nc2ccc(Cl)cc2s1. The summed E-state index contributed by atoms with van der Waals surface area (Å²) in [4.78, 5) is 23.5. The number of ether oxygens (including phenoxy) is 1. The van der Waals surface area contributed by atoms with Gasteiger partial charge in [0.15, 0.2) is 11.7 Å². The third kappa shape index (κ3) is 4.55. The predicted octanol–water partition coefficient (Wildman–Crippen LogP) is 5.27. The van der Waals surface area contributed by atoms with Crippen molar-refractivity contribution in [2.75, 3.05) is 11.5 Å². The molecule has 0 atom stereocenters. The van der Waals surface area contributed by atoms with Crippen molar-refractivity contribution in [3.63, 3.8) is 0 Å². The molecule has 4 aromatic rings. The Bertz CT molecular complexity index is 1150. The Labute approximate surface area is 177 Å². The number of carbonyl (C=O) groups excluding carboxylic acids is 1. The van der Waals surface area contributed by atoms with Crippen molar-refractivity contribution in [1.82, 2.24) is 9.97 Å². The summed E-state index contributed by atoms with van der Waals surface area (Å²) in [6, 6.07) is 16.9. The number of benzene rings is 2. The normalized spacial score (nSPS) is 10.8. The van der Waals surface area contributed by atoms with E-state index in [0.29, 0.717) is 22.4 Å². The van der Waals surface area contributed by atoms with E-state index in [1.54, 1.807) is 23.4 Å². The minimum Gasteiger partial charge on any atom is -0.483 e. The van der Waals surface area contributed by atoms with Crippen molar-refractivity contribution in [1.29, 1.82) is 0 Å². The monoisotopic (exact) mass is 423 g/mol. The van der Waals surface area contributed by atoms with Gasteiger partial charge in [0.25, 0.3) is 5.91 Å². The molecule has 1 amide bonds. The van der Waals surface area contributed by atoms with Gasteiger partial charge in [-0.05, 0) is 48.4 Å². The van der Waals surface area contributed by atoms with Crippen molar-refractivity contribution in [2.45, 2.75) is 13.5 Å². The Kier molecular flexibility index (Phi) is 5.74. The van der Waals surface area contributed by atoms with Crippen molar-refractivity contribution in [3.05, 3.63) is 83.1 Å². The first-order valence-electron chi connectivity index (χ1n) is 9.04. The molecule has 5 nitrogen and oxygen atoms in total. The zero-order chi connectivity index (χ0) is 20.2. The molecule has 0 unspecified atom stereocenters. The highest BCUT2D eigenvalue weighted by Gasteiger charge is 2.21. The van der Waals surface area contributed by atoms with E-state index in [9.17, 15) is 4.79 Å². The lowest BCUT2D eigenvalue weighted by Crippen LogP contribution is -2.34. The second kappa shape index (κ2) is 8.59. The Morgan fingerprint density at radius 1 is 1.17 bits per heavy atom. The van der Waals surface area contributed by atoms with Gasteiger partial charge in [0.1, 0.15) is 5.75 Å². The molecule has 2 aromatic carbocycles. The zero-order valence-electron chi connectivity index (χ0n) is 15.7. The van der Waals surface area contributed by atoms with Gasteiger partial charge in [-0.15, -0.1) is 0 Å². The molecule has 0 fully saturated rings. The van der Waals surface area contributed by atoms with E-state index in [0.717, 1.165) is 21.3 Å². The van der Waals surface area contributed by atoms with Crippen LogP contribution in [0.3, 0.4) is 0 Å². The number of rotatable bonds is 6. The number of hydrogen-bond donors (Lipinski definition) is 0. The molecule has 146 valence electrons. The molecule has 0 aliphatic heterocycles. The molecule has 0 radical (unpaired) electrons. The van der Waals surface area contributed by atoms with E-state index in [-0.39, 0.29) is 12.5 Å². The van der Waals surface area contributed by atoms with Crippen LogP contribution >= 0.6 is 22.9 Å². The molecular formula is C22H18ClN3O2S. The standard InChI is InChI=1S/C22H18ClN3O2S/c1-15-5-2-3-7-19(15)28-14-21(27)26(13-16-6-4-10-24-12-16)22-25-18-9-8-17(23)11-20(18)29-22/h2-12H,13-14H2,1H3. The molecule has 0 spiro atoms. The summed E-state index contributed by atoms with van der Waals surface area (Å²) < 4.78 is 6.71. The molecule has 0 aliphatic rings. The van der Waals surface area contributed by atoms with Crippen LogP contribution in [-0.4, -0.2) is 22.5 Å². The van der Waals surface area contributed by atoms with Gasteiger partial charge in [0, 0.05) is 17.4 Å². The van der Waals surface area contributed by atoms with Crippen LogP contribution in [0.2, 0.25) is 5.02 Å². The van der Waals surface area contributed by atoms with Crippen LogP contribution in [0.1, 0.15) is 11.1 Å². The predicted molar refractivity (Wildman–Crippen MR) is 117 cm³/mol. The summed E-state index contributed by atoms with van der Waals surface area (Å²) >= 11 is 7.53. The molecular weight excluding hydrogens is 406 g/mol. The smallest absolute Gasteiger partial charge is 0.267 e. The van der Waals surface area contributed by atoms with Crippen LogP contribution in [-0.2, 0) is 11.3 Å². The average molecular weight is 424 g/mol. The van der Waals surface area contributed by atoms with Crippen LogP contribution < -0.4 is 9.64 Å². The molecule has 7 heteroatoms. The number of aromatic nitrogens is 2. The quantitative estimate of drug-likeness (QED) is 0.424. The second-order valence-corrected chi connectivity index (χ2v) is 7.95. The van der Waals surface area contributed by atoms with Crippen molar-refractivity contribution < 1.29 is 9.53 Å². The third-order valence-corrected chi connectivity index (χ3v) is 5.66. The maximum absolute atomic E-state index is 13.1. The molecule has 0 bridgehead atoms. The number of halogens is 1. The molecule has 29 heavy (non-hydrogen) atoms. The number of hydrogen-bond acceptors (Lipinski definition) is 5. The maximum Gasteiger partial charge on any atom is 0.267 e. The Hall–Kier alpha value is -2.96. The summed E-state index contributed by atoms with van der Waals surface area (Å²) in [7, 11) is 0. The Morgan fingerprint density at radius 3 is 2.83 bits per heavy atom. The first kappa shape index (κ1) is 19.4. The number of para-hydroxylation sites is 1. The summed E-state index contributed by atoms with van der Waals surface area (Å²) in [5.74, 6) is 0.514. The van der Waals surface area contributed by atoms with Crippen LogP contribution in [0.5, 0.6) is 5.75 Å². The van der Waals surface area contributed by atoms with Gasteiger partial charge in [0.05, 0.1) is 16.8 Å². The highest BCUT2D eigenvalue weighted by atomic mass is 35.5. The zero-order valence-corrected chi connectivity index (χ0v) is 17.3.